The van der Waals surface area contributed by atoms with Gasteiger partial charge in [-0.15, -0.1) is 0 Å². The van der Waals surface area contributed by atoms with E-state index >= 15 is 0 Å². The van der Waals surface area contributed by atoms with E-state index in [9.17, 15) is 4.79 Å². The molecule has 0 aliphatic heterocycles. The van der Waals surface area contributed by atoms with Crippen LogP contribution in [0.25, 0.3) is 0 Å². The third-order valence-corrected chi connectivity index (χ3v) is 1.33. The highest BCUT2D eigenvalue weighted by Gasteiger charge is 2.04. The first-order valence-corrected chi connectivity index (χ1v) is 3.00. The highest BCUT2D eigenvalue weighted by atomic mass is 35.5. The molecule has 0 saturated heterocycles. The van der Waals surface area contributed by atoms with Crippen LogP contribution in [0.1, 0.15) is 10.4 Å². The predicted octanol–water partition coefficient (Wildman–Crippen LogP) is 0.834. The molecule has 2 N–H and O–H groups in total. The smallest absolute Gasteiger partial charge is 0.251 e. The Labute approximate surface area is 62.8 Å². The Morgan fingerprint density at radius 1 is 1.70 bits per heavy atom. The maximum Gasteiger partial charge on any atom is 0.251 e. The van der Waals surface area contributed by atoms with E-state index in [1.165, 1.54) is 12.3 Å². The Balaban J connectivity index is 3.15. The van der Waals surface area contributed by atoms with Crippen LogP contribution >= 0.6 is 11.6 Å². The monoisotopic (exact) mass is 156 g/mol. The van der Waals surface area contributed by atoms with E-state index < -0.39 is 5.91 Å². The summed E-state index contributed by atoms with van der Waals surface area (Å²) in [6.07, 6.45) is 1.49. The van der Waals surface area contributed by atoms with Crippen molar-refractivity contribution in [3.8, 4) is 0 Å². The molecule has 0 unspecified atom stereocenters. The number of nitrogens with two attached hydrogens (primary N) is 1. The first-order valence-electron chi connectivity index (χ1n) is 2.62. The van der Waals surface area contributed by atoms with E-state index in [0.717, 1.165) is 0 Å². The largest absolute Gasteiger partial charge is 0.366 e. The van der Waals surface area contributed by atoms with Crippen molar-refractivity contribution < 1.29 is 4.79 Å². The SMILES string of the molecule is NC(=O)c1cccnc1Cl. The molecule has 0 radical (unpaired) electrons. The zero-order valence-corrected chi connectivity index (χ0v) is 5.80. The number of halogens is 1. The molecule has 0 aromatic carbocycles. The summed E-state index contributed by atoms with van der Waals surface area (Å²) in [6, 6.07) is 3.13. The van der Waals surface area contributed by atoms with Gasteiger partial charge in [0.15, 0.2) is 0 Å². The summed E-state index contributed by atoms with van der Waals surface area (Å²) in [5.41, 5.74) is 5.21. The molecule has 0 atom stereocenters. The summed E-state index contributed by atoms with van der Waals surface area (Å²) < 4.78 is 0. The summed E-state index contributed by atoms with van der Waals surface area (Å²) >= 11 is 5.51. The number of carbonyl (C=O) groups excluding carboxylic acids is 1. The maximum absolute atomic E-state index is 10.5. The van der Waals surface area contributed by atoms with Gasteiger partial charge in [-0.25, -0.2) is 4.98 Å². The van der Waals surface area contributed by atoms with Crippen LogP contribution in [0.2, 0.25) is 5.15 Å². The van der Waals surface area contributed by atoms with Gasteiger partial charge >= 0.3 is 0 Å². The van der Waals surface area contributed by atoms with Crippen molar-refractivity contribution in [2.45, 2.75) is 0 Å². The van der Waals surface area contributed by atoms with E-state index in [1.807, 2.05) is 0 Å². The van der Waals surface area contributed by atoms with Crippen molar-refractivity contribution in [1.29, 1.82) is 0 Å². The molecule has 1 rings (SSSR count). The Morgan fingerprint density at radius 3 is 2.80 bits per heavy atom. The molecule has 3 nitrogen and oxygen atoms in total. The quantitative estimate of drug-likeness (QED) is 0.613. The number of amides is 1. The molecule has 1 amide bonds. The first-order chi connectivity index (χ1) is 4.72. The molecule has 0 spiro atoms. The third-order valence-electron chi connectivity index (χ3n) is 1.02. The molecule has 0 bridgehead atoms. The van der Waals surface area contributed by atoms with Gasteiger partial charge in [-0.2, -0.15) is 0 Å². The average molecular weight is 157 g/mol. The topological polar surface area (TPSA) is 56.0 Å². The van der Waals surface area contributed by atoms with Gasteiger partial charge in [0.1, 0.15) is 5.15 Å². The number of hydrogen-bond donors (Lipinski definition) is 1. The number of carbonyl (C=O) groups is 1. The van der Waals surface area contributed by atoms with Gasteiger partial charge in [-0.3, -0.25) is 4.79 Å². The van der Waals surface area contributed by atoms with Gasteiger partial charge in [0.25, 0.3) is 5.91 Å². The number of aromatic nitrogens is 1. The van der Waals surface area contributed by atoms with Crippen LogP contribution in [-0.4, -0.2) is 10.9 Å². The van der Waals surface area contributed by atoms with Crippen molar-refractivity contribution in [2.24, 2.45) is 5.73 Å². The molecule has 1 heterocycles. The molecule has 0 aliphatic rings. The van der Waals surface area contributed by atoms with E-state index in [2.05, 4.69) is 4.98 Å². The average Bonchev–Trinajstić information content (AvgIpc) is 1.88. The molecule has 10 heavy (non-hydrogen) atoms. The van der Waals surface area contributed by atoms with Crippen molar-refractivity contribution in [1.82, 2.24) is 4.98 Å². The predicted molar refractivity (Wildman–Crippen MR) is 37.8 cm³/mol. The standard InChI is InChI=1S/C6H5ClN2O/c7-5-4(6(8)10)2-1-3-9-5/h1-3H,(H2,8,10). The normalized spacial score (nSPS) is 9.30. The maximum atomic E-state index is 10.5. The van der Waals surface area contributed by atoms with E-state index in [4.69, 9.17) is 17.3 Å². The van der Waals surface area contributed by atoms with Crippen LogP contribution in [0, 0.1) is 0 Å². The fourth-order valence-corrected chi connectivity index (χ4v) is 0.782. The molecule has 0 fully saturated rings. The molecule has 4 heteroatoms. The molecule has 1 aromatic rings. The van der Waals surface area contributed by atoms with Gasteiger partial charge in [-0.05, 0) is 12.1 Å². The molecule has 0 aliphatic carbocycles. The minimum atomic E-state index is -0.557. The Bertz CT molecular complexity index is 262. The Morgan fingerprint density at radius 2 is 2.40 bits per heavy atom. The van der Waals surface area contributed by atoms with Gasteiger partial charge < -0.3 is 5.73 Å². The summed E-state index contributed by atoms with van der Waals surface area (Å²) in [7, 11) is 0. The fourth-order valence-electron chi connectivity index (χ4n) is 0.570. The van der Waals surface area contributed by atoms with Crippen LogP contribution in [0.4, 0.5) is 0 Å². The second-order valence-electron chi connectivity index (χ2n) is 1.71. The molecular weight excluding hydrogens is 152 g/mol. The minimum Gasteiger partial charge on any atom is -0.366 e. The molecular formula is C6H5ClN2O. The van der Waals surface area contributed by atoms with E-state index in [0.29, 0.717) is 0 Å². The zero-order valence-electron chi connectivity index (χ0n) is 5.04. The lowest BCUT2D eigenvalue weighted by Gasteiger charge is -1.94. The Kier molecular flexibility index (Phi) is 1.87. The third kappa shape index (κ3) is 1.25. The van der Waals surface area contributed by atoms with E-state index in [-0.39, 0.29) is 10.7 Å². The number of primary amides is 1. The van der Waals surface area contributed by atoms with Gasteiger partial charge in [0, 0.05) is 6.20 Å². The number of pyridine rings is 1. The van der Waals surface area contributed by atoms with Crippen molar-refractivity contribution in [3.63, 3.8) is 0 Å². The lowest BCUT2D eigenvalue weighted by Crippen LogP contribution is -2.11. The summed E-state index contributed by atoms with van der Waals surface area (Å²) in [4.78, 5) is 14.2. The Hall–Kier alpha value is -1.09. The fraction of sp³-hybridized carbons (Fsp3) is 0. The highest BCUT2D eigenvalue weighted by molar-refractivity contribution is 6.32. The van der Waals surface area contributed by atoms with Crippen LogP contribution in [0.5, 0.6) is 0 Å². The van der Waals surface area contributed by atoms with Gasteiger partial charge in [-0.1, -0.05) is 11.6 Å². The van der Waals surface area contributed by atoms with Crippen LogP contribution in [-0.2, 0) is 0 Å². The summed E-state index contributed by atoms with van der Waals surface area (Å²) in [5, 5.41) is 0.148. The number of nitrogens with zero attached hydrogens (tertiary/aromatic N) is 1. The zero-order chi connectivity index (χ0) is 7.56. The first kappa shape index (κ1) is 7.02. The molecule has 1 aromatic heterocycles. The number of rotatable bonds is 1. The molecule has 52 valence electrons. The van der Waals surface area contributed by atoms with E-state index in [1.54, 1.807) is 6.07 Å². The number of hydrogen-bond acceptors (Lipinski definition) is 2. The van der Waals surface area contributed by atoms with Crippen LogP contribution < -0.4 is 5.73 Å². The van der Waals surface area contributed by atoms with Gasteiger partial charge in [0.2, 0.25) is 0 Å². The lowest BCUT2D eigenvalue weighted by atomic mass is 10.3. The summed E-state index contributed by atoms with van der Waals surface area (Å²) in [6.45, 7) is 0. The summed E-state index contributed by atoms with van der Waals surface area (Å²) in [5.74, 6) is -0.557. The second-order valence-corrected chi connectivity index (χ2v) is 2.06. The van der Waals surface area contributed by atoms with Gasteiger partial charge in [0.05, 0.1) is 5.56 Å². The van der Waals surface area contributed by atoms with Crippen LogP contribution in [0.15, 0.2) is 18.3 Å². The second kappa shape index (κ2) is 2.66. The molecule has 0 saturated carbocycles. The highest BCUT2D eigenvalue weighted by Crippen LogP contribution is 2.09. The minimum absolute atomic E-state index is 0.148. The van der Waals surface area contributed by atoms with Crippen LogP contribution in [0.3, 0.4) is 0 Å². The van der Waals surface area contributed by atoms with Crippen molar-refractivity contribution >= 4 is 17.5 Å². The lowest BCUT2D eigenvalue weighted by molar-refractivity contribution is 0.1000. The van der Waals surface area contributed by atoms with Crippen molar-refractivity contribution in [3.05, 3.63) is 29.0 Å². The van der Waals surface area contributed by atoms with Crippen molar-refractivity contribution in [2.75, 3.05) is 0 Å².